The van der Waals surface area contributed by atoms with Gasteiger partial charge < -0.3 is 5.73 Å². The molecule has 0 unspecified atom stereocenters. The van der Waals surface area contributed by atoms with Gasteiger partial charge in [0.05, 0.1) is 17.9 Å². The maximum absolute atomic E-state index is 5.73. The molecule has 4 nitrogen and oxygen atoms in total. The number of hydrogen-bond donors (Lipinski definition) is 1. The zero-order valence-electron chi connectivity index (χ0n) is 6.63. The number of nitrogens with two attached hydrogens (primary N) is 1. The Balaban J connectivity index is 2.61. The predicted octanol–water partition coefficient (Wildman–Crippen LogP) is 0.880. The highest BCUT2D eigenvalue weighted by Crippen LogP contribution is 2.28. The monoisotopic (exact) mass is 150 g/mol. The van der Waals surface area contributed by atoms with Gasteiger partial charge in [0.2, 0.25) is 0 Å². The van der Waals surface area contributed by atoms with Crippen LogP contribution in [0.4, 0.5) is 11.5 Å². The number of aryl methyl sites for hydroxylation is 1. The molecule has 1 aromatic heterocycles. The van der Waals surface area contributed by atoms with Crippen LogP contribution in [0.25, 0.3) is 0 Å². The van der Waals surface area contributed by atoms with Crippen molar-refractivity contribution in [1.82, 2.24) is 9.78 Å². The molecule has 2 rings (SSSR count). The summed E-state index contributed by atoms with van der Waals surface area (Å²) in [4.78, 5) is 4.26. The van der Waals surface area contributed by atoms with Gasteiger partial charge in [0, 0.05) is 5.71 Å². The van der Waals surface area contributed by atoms with E-state index in [1.165, 1.54) is 0 Å². The molecule has 0 aliphatic carbocycles. The number of aromatic nitrogens is 2. The summed E-state index contributed by atoms with van der Waals surface area (Å²) in [6, 6.07) is 0. The standard InChI is InChI=1S/C7H10N4/c1-4-3-11-7(9-4)6(8)5(2)10-11/h3,8H2,1-2H3. The average Bonchev–Trinajstić information content (AvgIpc) is 2.37. The van der Waals surface area contributed by atoms with E-state index in [4.69, 9.17) is 5.73 Å². The van der Waals surface area contributed by atoms with Gasteiger partial charge in [-0.3, -0.25) is 0 Å². The molecule has 0 amide bonds. The van der Waals surface area contributed by atoms with Crippen molar-refractivity contribution in [1.29, 1.82) is 0 Å². The lowest BCUT2D eigenvalue weighted by Gasteiger charge is -1.89. The second-order valence-corrected chi connectivity index (χ2v) is 2.83. The highest BCUT2D eigenvalue weighted by atomic mass is 15.4. The van der Waals surface area contributed by atoms with E-state index in [1.54, 1.807) is 0 Å². The lowest BCUT2D eigenvalue weighted by Crippen LogP contribution is -2.00. The van der Waals surface area contributed by atoms with E-state index in [1.807, 2.05) is 18.5 Å². The molecule has 2 N–H and O–H groups in total. The van der Waals surface area contributed by atoms with Gasteiger partial charge in [-0.1, -0.05) is 0 Å². The molecule has 0 radical (unpaired) electrons. The van der Waals surface area contributed by atoms with Crippen LogP contribution in [-0.2, 0) is 6.54 Å². The molecule has 0 saturated heterocycles. The number of aliphatic imine (C=N–C) groups is 1. The smallest absolute Gasteiger partial charge is 0.174 e. The van der Waals surface area contributed by atoms with Crippen molar-refractivity contribution in [2.75, 3.05) is 5.73 Å². The molecule has 0 aromatic carbocycles. The van der Waals surface area contributed by atoms with Crippen molar-refractivity contribution in [3.63, 3.8) is 0 Å². The second kappa shape index (κ2) is 1.84. The van der Waals surface area contributed by atoms with Gasteiger partial charge in [-0.15, -0.1) is 0 Å². The summed E-state index contributed by atoms with van der Waals surface area (Å²) in [6.07, 6.45) is 0. The van der Waals surface area contributed by atoms with E-state index in [9.17, 15) is 0 Å². The number of nitrogen functional groups attached to an aromatic ring is 1. The van der Waals surface area contributed by atoms with Crippen LogP contribution in [0.3, 0.4) is 0 Å². The molecule has 0 fully saturated rings. The fraction of sp³-hybridized carbons (Fsp3) is 0.429. The first kappa shape index (κ1) is 6.39. The average molecular weight is 150 g/mol. The third-order valence-corrected chi connectivity index (χ3v) is 1.82. The second-order valence-electron chi connectivity index (χ2n) is 2.83. The molecule has 1 aliphatic heterocycles. The maximum Gasteiger partial charge on any atom is 0.174 e. The van der Waals surface area contributed by atoms with Gasteiger partial charge in [0.1, 0.15) is 0 Å². The van der Waals surface area contributed by atoms with Gasteiger partial charge in [0.25, 0.3) is 0 Å². The van der Waals surface area contributed by atoms with Crippen molar-refractivity contribution in [2.24, 2.45) is 4.99 Å². The first-order valence-corrected chi connectivity index (χ1v) is 3.55. The van der Waals surface area contributed by atoms with E-state index in [-0.39, 0.29) is 0 Å². The van der Waals surface area contributed by atoms with Crippen molar-refractivity contribution in [3.8, 4) is 0 Å². The third kappa shape index (κ3) is 0.753. The number of nitrogens with zero attached hydrogens (tertiary/aromatic N) is 3. The van der Waals surface area contributed by atoms with Crippen LogP contribution in [0.15, 0.2) is 4.99 Å². The summed E-state index contributed by atoms with van der Waals surface area (Å²) in [5.74, 6) is 0.819. The molecule has 58 valence electrons. The Morgan fingerprint density at radius 2 is 2.18 bits per heavy atom. The molecule has 1 aliphatic rings. The SMILES string of the molecule is CC1=Nc2c(N)c(C)nn2C1. The molecule has 0 bridgehead atoms. The highest BCUT2D eigenvalue weighted by Gasteiger charge is 2.16. The van der Waals surface area contributed by atoms with Crippen LogP contribution < -0.4 is 5.73 Å². The summed E-state index contributed by atoms with van der Waals surface area (Å²) in [6.45, 7) is 4.66. The highest BCUT2D eigenvalue weighted by molar-refractivity contribution is 5.89. The van der Waals surface area contributed by atoms with Crippen LogP contribution in [0.1, 0.15) is 12.6 Å². The van der Waals surface area contributed by atoms with Crippen molar-refractivity contribution in [3.05, 3.63) is 5.69 Å². The first-order valence-electron chi connectivity index (χ1n) is 3.55. The number of rotatable bonds is 0. The van der Waals surface area contributed by atoms with Crippen LogP contribution in [0, 0.1) is 6.92 Å². The van der Waals surface area contributed by atoms with Gasteiger partial charge in [-0.25, -0.2) is 9.67 Å². The Labute approximate surface area is 64.7 Å². The van der Waals surface area contributed by atoms with E-state index in [0.717, 1.165) is 23.8 Å². The summed E-state index contributed by atoms with van der Waals surface area (Å²) >= 11 is 0. The minimum Gasteiger partial charge on any atom is -0.394 e. The van der Waals surface area contributed by atoms with E-state index in [2.05, 4.69) is 10.1 Å². The normalized spacial score (nSPS) is 14.9. The summed E-state index contributed by atoms with van der Waals surface area (Å²) in [7, 11) is 0. The summed E-state index contributed by atoms with van der Waals surface area (Å²) in [5.41, 5.74) is 8.38. The Kier molecular flexibility index (Phi) is 1.07. The quantitative estimate of drug-likeness (QED) is 0.596. The molecule has 4 heteroatoms. The minimum atomic E-state index is 0.710. The zero-order valence-corrected chi connectivity index (χ0v) is 6.63. The van der Waals surface area contributed by atoms with Gasteiger partial charge in [0.15, 0.2) is 5.82 Å². The first-order chi connectivity index (χ1) is 5.18. The van der Waals surface area contributed by atoms with Crippen LogP contribution >= 0.6 is 0 Å². The molecule has 11 heavy (non-hydrogen) atoms. The topological polar surface area (TPSA) is 56.2 Å². The molecule has 2 heterocycles. The van der Waals surface area contributed by atoms with Gasteiger partial charge in [-0.05, 0) is 13.8 Å². The Hall–Kier alpha value is -1.32. The molecule has 0 saturated carbocycles. The summed E-state index contributed by atoms with van der Waals surface area (Å²) in [5, 5.41) is 4.22. The minimum absolute atomic E-state index is 0.710. The number of fused-ring (bicyclic) bond motifs is 1. The van der Waals surface area contributed by atoms with Crippen LogP contribution in [0.5, 0.6) is 0 Å². The number of hydrogen-bond acceptors (Lipinski definition) is 3. The number of anilines is 1. The third-order valence-electron chi connectivity index (χ3n) is 1.82. The largest absolute Gasteiger partial charge is 0.394 e. The predicted molar refractivity (Wildman–Crippen MR) is 44.1 cm³/mol. The fourth-order valence-corrected chi connectivity index (χ4v) is 1.24. The Bertz CT molecular complexity index is 334. The van der Waals surface area contributed by atoms with Gasteiger partial charge >= 0.3 is 0 Å². The van der Waals surface area contributed by atoms with Crippen molar-refractivity contribution < 1.29 is 0 Å². The van der Waals surface area contributed by atoms with E-state index in [0.29, 0.717) is 5.69 Å². The molecule has 0 spiro atoms. The fourth-order valence-electron chi connectivity index (χ4n) is 1.24. The molecular weight excluding hydrogens is 140 g/mol. The molecular formula is C7H10N4. The van der Waals surface area contributed by atoms with Crippen LogP contribution in [0.2, 0.25) is 0 Å². The van der Waals surface area contributed by atoms with Crippen molar-refractivity contribution >= 4 is 17.2 Å². The summed E-state index contributed by atoms with van der Waals surface area (Å²) < 4.78 is 1.83. The van der Waals surface area contributed by atoms with Crippen LogP contribution in [-0.4, -0.2) is 15.5 Å². The van der Waals surface area contributed by atoms with E-state index >= 15 is 0 Å². The zero-order chi connectivity index (χ0) is 8.01. The van der Waals surface area contributed by atoms with E-state index < -0.39 is 0 Å². The molecule has 0 atom stereocenters. The Morgan fingerprint density at radius 3 is 2.82 bits per heavy atom. The Morgan fingerprint density at radius 1 is 1.45 bits per heavy atom. The lowest BCUT2D eigenvalue weighted by atomic mass is 10.4. The lowest BCUT2D eigenvalue weighted by molar-refractivity contribution is 0.740. The maximum atomic E-state index is 5.73. The van der Waals surface area contributed by atoms with Crippen molar-refractivity contribution in [2.45, 2.75) is 20.4 Å². The van der Waals surface area contributed by atoms with Gasteiger partial charge in [-0.2, -0.15) is 5.10 Å². The molecule has 1 aromatic rings.